The third kappa shape index (κ3) is 6.17. The first-order valence-corrected chi connectivity index (χ1v) is 11.7. The molecule has 2 aromatic rings. The summed E-state index contributed by atoms with van der Waals surface area (Å²) in [6, 6.07) is 8.80. The van der Waals surface area contributed by atoms with E-state index in [4.69, 9.17) is 15.6 Å². The summed E-state index contributed by atoms with van der Waals surface area (Å²) in [6.45, 7) is 4.63. The zero-order valence-electron chi connectivity index (χ0n) is 16.0. The number of primary amides is 1. The van der Waals surface area contributed by atoms with E-state index in [2.05, 4.69) is 18.6 Å². The Balaban J connectivity index is 2.31. The number of sulfonamides is 2. The lowest BCUT2D eigenvalue weighted by Gasteiger charge is -2.13. The number of ether oxygens (including phenoxy) is 1. The molecule has 11 heteroatoms. The van der Waals surface area contributed by atoms with Crippen LogP contribution in [0.5, 0.6) is 5.75 Å². The summed E-state index contributed by atoms with van der Waals surface area (Å²) in [6.07, 6.45) is 0.855. The first-order chi connectivity index (χ1) is 13.4. The number of amides is 1. The van der Waals surface area contributed by atoms with E-state index in [1.807, 2.05) is 0 Å². The van der Waals surface area contributed by atoms with Gasteiger partial charge in [0.1, 0.15) is 10.6 Å². The number of hydrogen-bond acceptors (Lipinski definition) is 6. The van der Waals surface area contributed by atoms with Gasteiger partial charge in [0.2, 0.25) is 15.9 Å². The van der Waals surface area contributed by atoms with Crippen molar-refractivity contribution in [1.82, 2.24) is 0 Å². The summed E-state index contributed by atoms with van der Waals surface area (Å²) in [4.78, 5) is 10.8. The lowest BCUT2D eigenvalue weighted by atomic mass is 10.1. The third-order valence-electron chi connectivity index (χ3n) is 3.91. The molecule has 0 aromatic heterocycles. The molecule has 0 aliphatic carbocycles. The average molecular weight is 442 g/mol. The second-order valence-electron chi connectivity index (χ2n) is 6.73. The minimum atomic E-state index is -4.25. The standard InChI is InChI=1S/C18H23N3O6S2/c1-12(2)9-10-27-14-4-6-15(7-5-14)29(25,26)21-16-11-13(18(19)22)3-8-17(16)28(20,23)24/h3-8,11-12,21H,9-10H2,1-2H3,(H2,19,22)(H2,20,23,24). The fourth-order valence-electron chi connectivity index (χ4n) is 2.34. The fraction of sp³-hybridized carbons (Fsp3) is 0.278. The normalized spacial score (nSPS) is 12.0. The van der Waals surface area contributed by atoms with E-state index in [9.17, 15) is 21.6 Å². The number of nitrogens with one attached hydrogen (secondary N) is 1. The fourth-order valence-corrected chi connectivity index (χ4v) is 4.15. The molecule has 0 unspecified atom stereocenters. The third-order valence-corrected chi connectivity index (χ3v) is 6.26. The topological polar surface area (TPSA) is 159 Å². The molecule has 0 aliphatic rings. The van der Waals surface area contributed by atoms with E-state index in [0.717, 1.165) is 24.6 Å². The van der Waals surface area contributed by atoms with E-state index >= 15 is 0 Å². The monoisotopic (exact) mass is 441 g/mol. The summed E-state index contributed by atoms with van der Waals surface area (Å²) >= 11 is 0. The highest BCUT2D eigenvalue weighted by molar-refractivity contribution is 7.93. The predicted octanol–water partition coefficient (Wildman–Crippen LogP) is 1.66. The quantitative estimate of drug-likeness (QED) is 0.537. The van der Waals surface area contributed by atoms with Gasteiger partial charge in [0, 0.05) is 5.56 Å². The van der Waals surface area contributed by atoms with Gasteiger partial charge in [-0.3, -0.25) is 9.52 Å². The zero-order chi connectivity index (χ0) is 21.8. The van der Waals surface area contributed by atoms with Crippen LogP contribution < -0.4 is 20.3 Å². The number of benzene rings is 2. The maximum absolute atomic E-state index is 12.7. The van der Waals surface area contributed by atoms with Crippen LogP contribution in [0.3, 0.4) is 0 Å². The van der Waals surface area contributed by atoms with Crippen molar-refractivity contribution in [3.63, 3.8) is 0 Å². The molecule has 158 valence electrons. The number of anilines is 1. The summed E-state index contributed by atoms with van der Waals surface area (Å²) in [5.41, 5.74) is 4.73. The molecular formula is C18H23N3O6S2. The van der Waals surface area contributed by atoms with Crippen LogP contribution in [0, 0.1) is 5.92 Å². The molecule has 0 aliphatic heterocycles. The molecular weight excluding hydrogens is 418 g/mol. The van der Waals surface area contributed by atoms with Gasteiger partial charge in [-0.25, -0.2) is 22.0 Å². The molecule has 2 aromatic carbocycles. The van der Waals surface area contributed by atoms with Gasteiger partial charge >= 0.3 is 0 Å². The molecule has 29 heavy (non-hydrogen) atoms. The van der Waals surface area contributed by atoms with Crippen molar-refractivity contribution in [2.45, 2.75) is 30.1 Å². The van der Waals surface area contributed by atoms with E-state index in [0.29, 0.717) is 18.3 Å². The Hall–Kier alpha value is -2.63. The number of carbonyl (C=O) groups is 1. The van der Waals surface area contributed by atoms with Gasteiger partial charge in [0.05, 0.1) is 17.2 Å². The number of carbonyl (C=O) groups excluding carboxylic acids is 1. The second kappa shape index (κ2) is 8.80. The van der Waals surface area contributed by atoms with Crippen molar-refractivity contribution in [1.29, 1.82) is 0 Å². The van der Waals surface area contributed by atoms with Crippen LogP contribution in [-0.4, -0.2) is 29.3 Å². The molecule has 0 fully saturated rings. The zero-order valence-corrected chi connectivity index (χ0v) is 17.6. The molecule has 0 spiro atoms. The van der Waals surface area contributed by atoms with Gasteiger partial charge in [0.15, 0.2) is 0 Å². The molecule has 0 heterocycles. The van der Waals surface area contributed by atoms with Crippen molar-refractivity contribution in [3.8, 4) is 5.75 Å². The second-order valence-corrected chi connectivity index (χ2v) is 9.94. The van der Waals surface area contributed by atoms with Crippen molar-refractivity contribution >= 4 is 31.6 Å². The van der Waals surface area contributed by atoms with Crippen LogP contribution in [0.2, 0.25) is 0 Å². The van der Waals surface area contributed by atoms with E-state index in [-0.39, 0.29) is 16.1 Å². The van der Waals surface area contributed by atoms with Gasteiger partial charge < -0.3 is 10.5 Å². The lowest BCUT2D eigenvalue weighted by molar-refractivity contribution is 0.1000. The Morgan fingerprint density at radius 1 is 1.07 bits per heavy atom. The SMILES string of the molecule is CC(C)CCOc1ccc(S(=O)(=O)Nc2cc(C(N)=O)ccc2S(N)(=O)=O)cc1. The van der Waals surface area contributed by atoms with E-state index in [1.54, 1.807) is 0 Å². The Morgan fingerprint density at radius 3 is 2.21 bits per heavy atom. The Morgan fingerprint density at radius 2 is 1.69 bits per heavy atom. The largest absolute Gasteiger partial charge is 0.494 e. The van der Waals surface area contributed by atoms with Crippen molar-refractivity contribution < 1.29 is 26.4 Å². The molecule has 9 nitrogen and oxygen atoms in total. The summed E-state index contributed by atoms with van der Waals surface area (Å²) in [7, 11) is -8.42. The van der Waals surface area contributed by atoms with Crippen LogP contribution in [0.1, 0.15) is 30.6 Å². The maximum Gasteiger partial charge on any atom is 0.261 e. The summed E-state index contributed by atoms with van der Waals surface area (Å²) in [5, 5.41) is 5.13. The van der Waals surface area contributed by atoms with Gasteiger partial charge in [-0.05, 0) is 54.8 Å². The van der Waals surface area contributed by atoms with Gasteiger partial charge in [0.25, 0.3) is 10.0 Å². The van der Waals surface area contributed by atoms with E-state index < -0.39 is 30.8 Å². The number of hydrogen-bond donors (Lipinski definition) is 3. The molecule has 0 saturated heterocycles. The molecule has 2 rings (SSSR count). The predicted molar refractivity (Wildman–Crippen MR) is 109 cm³/mol. The van der Waals surface area contributed by atoms with Crippen molar-refractivity contribution in [2.24, 2.45) is 16.8 Å². The van der Waals surface area contributed by atoms with Gasteiger partial charge in [-0.2, -0.15) is 0 Å². The lowest BCUT2D eigenvalue weighted by Crippen LogP contribution is -2.20. The first-order valence-electron chi connectivity index (χ1n) is 8.62. The Kier molecular flexibility index (Phi) is 6.88. The maximum atomic E-state index is 12.7. The minimum absolute atomic E-state index is 0.0796. The smallest absolute Gasteiger partial charge is 0.261 e. The van der Waals surface area contributed by atoms with Crippen LogP contribution >= 0.6 is 0 Å². The van der Waals surface area contributed by atoms with Crippen LogP contribution in [-0.2, 0) is 20.0 Å². The van der Waals surface area contributed by atoms with Crippen LogP contribution in [0.25, 0.3) is 0 Å². The van der Waals surface area contributed by atoms with Crippen LogP contribution in [0.15, 0.2) is 52.3 Å². The summed E-state index contributed by atoms with van der Waals surface area (Å²) in [5.74, 6) is 0.128. The highest BCUT2D eigenvalue weighted by Gasteiger charge is 2.21. The summed E-state index contributed by atoms with van der Waals surface area (Å²) < 4.78 is 56.6. The molecule has 0 saturated carbocycles. The number of rotatable bonds is 9. The highest BCUT2D eigenvalue weighted by Crippen LogP contribution is 2.26. The average Bonchev–Trinajstić information content (AvgIpc) is 2.60. The molecule has 5 N–H and O–H groups in total. The molecule has 0 radical (unpaired) electrons. The number of primary sulfonamides is 1. The van der Waals surface area contributed by atoms with Gasteiger partial charge in [-0.15, -0.1) is 0 Å². The highest BCUT2D eigenvalue weighted by atomic mass is 32.2. The molecule has 0 bridgehead atoms. The van der Waals surface area contributed by atoms with Gasteiger partial charge in [-0.1, -0.05) is 13.8 Å². The van der Waals surface area contributed by atoms with Crippen LogP contribution in [0.4, 0.5) is 5.69 Å². The Bertz CT molecular complexity index is 1090. The first kappa shape index (κ1) is 22.7. The van der Waals surface area contributed by atoms with Crippen molar-refractivity contribution in [3.05, 3.63) is 48.0 Å². The molecule has 1 amide bonds. The minimum Gasteiger partial charge on any atom is -0.494 e. The van der Waals surface area contributed by atoms with Crippen molar-refractivity contribution in [2.75, 3.05) is 11.3 Å². The number of nitrogens with two attached hydrogens (primary N) is 2. The molecule has 0 atom stereocenters. The van der Waals surface area contributed by atoms with E-state index in [1.165, 1.54) is 24.3 Å². The Labute approximate surface area is 170 Å².